The molecule has 1 aliphatic carbocycles. The van der Waals surface area contributed by atoms with Crippen molar-refractivity contribution >= 4 is 6.09 Å². The van der Waals surface area contributed by atoms with E-state index >= 15 is 0 Å². The summed E-state index contributed by atoms with van der Waals surface area (Å²) < 4.78 is 12.4. The molecule has 0 radical (unpaired) electrons. The zero-order valence-corrected chi connectivity index (χ0v) is 17.7. The lowest BCUT2D eigenvalue weighted by Crippen LogP contribution is -2.53. The molecule has 31 heavy (non-hydrogen) atoms. The predicted octanol–water partition coefficient (Wildman–Crippen LogP) is 6.04. The van der Waals surface area contributed by atoms with Crippen LogP contribution in [0.3, 0.4) is 0 Å². The highest BCUT2D eigenvalue weighted by molar-refractivity contribution is 5.71. The Morgan fingerprint density at radius 3 is 2.52 bits per heavy atom. The Morgan fingerprint density at radius 2 is 1.71 bits per heavy atom. The Balaban J connectivity index is 1.44. The van der Waals surface area contributed by atoms with Gasteiger partial charge in [-0.15, -0.1) is 0 Å². The molecule has 0 bridgehead atoms. The number of amides is 1. The molecule has 1 aliphatic heterocycles. The van der Waals surface area contributed by atoms with Crippen LogP contribution in [-0.2, 0) is 10.3 Å². The van der Waals surface area contributed by atoms with E-state index in [2.05, 4.69) is 41.7 Å². The minimum Gasteiger partial charge on any atom is -0.410 e. The van der Waals surface area contributed by atoms with Crippen molar-refractivity contribution in [1.29, 1.82) is 0 Å². The minimum atomic E-state index is -0.540. The summed E-state index contributed by atoms with van der Waals surface area (Å²) in [6.07, 6.45) is 3.30. The fourth-order valence-corrected chi connectivity index (χ4v) is 5.00. The van der Waals surface area contributed by atoms with Gasteiger partial charge in [0, 0.05) is 0 Å². The molecule has 3 atom stereocenters. The van der Waals surface area contributed by atoms with Crippen LogP contribution in [0.4, 0.5) is 4.79 Å². The number of nitrogens with one attached hydrogen (secondary N) is 1. The molecule has 5 rings (SSSR count). The van der Waals surface area contributed by atoms with Gasteiger partial charge in [0.15, 0.2) is 0 Å². The summed E-state index contributed by atoms with van der Waals surface area (Å²) in [6, 6.07) is 26.1. The standard InChI is InChI=1S/C27H27NO3/c1-19-14-16-21(17-15-19)30-26(29)28-24-13-7-8-18-27(24)23-12-6-5-11-22(23)25(31-27)20-9-3-2-4-10-20/h2-6,9-12,14-17,24-25H,7-8,13,18H2,1H3,(H,28,29)/t24?,25-,27-/m0/s1. The first-order valence-electron chi connectivity index (χ1n) is 11.0. The Bertz CT molecular complexity index is 1060. The summed E-state index contributed by atoms with van der Waals surface area (Å²) in [5, 5.41) is 3.14. The van der Waals surface area contributed by atoms with Crippen LogP contribution in [0.25, 0.3) is 0 Å². The molecule has 3 aromatic carbocycles. The molecule has 4 heteroatoms. The highest BCUT2D eigenvalue weighted by Gasteiger charge is 2.52. The average Bonchev–Trinajstić information content (AvgIpc) is 3.13. The number of benzene rings is 3. The lowest BCUT2D eigenvalue weighted by atomic mass is 9.75. The van der Waals surface area contributed by atoms with E-state index in [0.29, 0.717) is 5.75 Å². The van der Waals surface area contributed by atoms with Gasteiger partial charge in [0.2, 0.25) is 0 Å². The number of hydrogen-bond acceptors (Lipinski definition) is 3. The van der Waals surface area contributed by atoms with Crippen LogP contribution in [-0.4, -0.2) is 12.1 Å². The SMILES string of the molecule is Cc1ccc(OC(=O)NC2CCCC[C@@]23O[C@@H](c2ccccc2)c2ccccc23)cc1. The van der Waals surface area contributed by atoms with Crippen LogP contribution in [0.5, 0.6) is 5.75 Å². The topological polar surface area (TPSA) is 47.6 Å². The molecule has 1 spiro atoms. The van der Waals surface area contributed by atoms with Crippen molar-refractivity contribution in [3.63, 3.8) is 0 Å². The van der Waals surface area contributed by atoms with Gasteiger partial charge < -0.3 is 14.8 Å². The first-order valence-corrected chi connectivity index (χ1v) is 11.0. The summed E-state index contributed by atoms with van der Waals surface area (Å²) in [7, 11) is 0. The third-order valence-corrected chi connectivity index (χ3v) is 6.51. The van der Waals surface area contributed by atoms with Crippen LogP contribution in [0.2, 0.25) is 0 Å². The van der Waals surface area contributed by atoms with E-state index in [-0.39, 0.29) is 12.1 Å². The van der Waals surface area contributed by atoms with Gasteiger partial charge in [-0.05, 0) is 48.6 Å². The second-order valence-corrected chi connectivity index (χ2v) is 8.53. The van der Waals surface area contributed by atoms with Gasteiger partial charge in [-0.3, -0.25) is 0 Å². The molecule has 1 unspecified atom stereocenters. The van der Waals surface area contributed by atoms with E-state index in [0.717, 1.165) is 36.8 Å². The molecule has 4 nitrogen and oxygen atoms in total. The van der Waals surface area contributed by atoms with E-state index < -0.39 is 11.7 Å². The van der Waals surface area contributed by atoms with E-state index in [1.54, 1.807) is 0 Å². The van der Waals surface area contributed by atoms with Crippen molar-refractivity contribution in [3.8, 4) is 5.75 Å². The summed E-state index contributed by atoms with van der Waals surface area (Å²) in [6.45, 7) is 2.01. The van der Waals surface area contributed by atoms with Gasteiger partial charge in [-0.25, -0.2) is 4.79 Å². The Hall–Kier alpha value is -3.11. The average molecular weight is 414 g/mol. The minimum absolute atomic E-state index is 0.132. The fraction of sp³-hybridized carbons (Fsp3) is 0.296. The second-order valence-electron chi connectivity index (χ2n) is 8.53. The molecule has 1 N–H and O–H groups in total. The molecular weight excluding hydrogens is 386 g/mol. The maximum atomic E-state index is 12.8. The maximum Gasteiger partial charge on any atom is 0.412 e. The van der Waals surface area contributed by atoms with E-state index in [4.69, 9.17) is 9.47 Å². The number of hydrogen-bond donors (Lipinski definition) is 1. The van der Waals surface area contributed by atoms with Gasteiger partial charge in [-0.2, -0.15) is 0 Å². The highest BCUT2D eigenvalue weighted by Crippen LogP contribution is 2.53. The molecule has 3 aromatic rings. The first kappa shape index (κ1) is 19.8. The quantitative estimate of drug-likeness (QED) is 0.569. The summed E-state index contributed by atoms with van der Waals surface area (Å²) in [5.41, 5.74) is 4.10. The third kappa shape index (κ3) is 3.72. The van der Waals surface area contributed by atoms with Crippen molar-refractivity contribution < 1.29 is 14.3 Å². The summed E-state index contributed by atoms with van der Waals surface area (Å²) >= 11 is 0. The third-order valence-electron chi connectivity index (χ3n) is 6.51. The van der Waals surface area contributed by atoms with E-state index in [1.165, 1.54) is 11.1 Å². The molecule has 1 fully saturated rings. The highest BCUT2D eigenvalue weighted by atomic mass is 16.6. The Morgan fingerprint density at radius 1 is 0.968 bits per heavy atom. The fourth-order valence-electron chi connectivity index (χ4n) is 5.00. The zero-order valence-electron chi connectivity index (χ0n) is 17.7. The van der Waals surface area contributed by atoms with Crippen molar-refractivity contribution in [1.82, 2.24) is 5.32 Å². The van der Waals surface area contributed by atoms with Gasteiger partial charge in [-0.1, -0.05) is 85.1 Å². The van der Waals surface area contributed by atoms with Crippen LogP contribution in [0.1, 0.15) is 54.0 Å². The first-order chi connectivity index (χ1) is 15.2. The maximum absolute atomic E-state index is 12.8. The largest absolute Gasteiger partial charge is 0.412 e. The van der Waals surface area contributed by atoms with Crippen LogP contribution >= 0.6 is 0 Å². The van der Waals surface area contributed by atoms with Crippen LogP contribution in [0, 0.1) is 6.92 Å². The van der Waals surface area contributed by atoms with Crippen LogP contribution in [0.15, 0.2) is 78.9 Å². The summed E-state index contributed by atoms with van der Waals surface area (Å²) in [4.78, 5) is 12.8. The number of aryl methyl sites for hydroxylation is 1. The van der Waals surface area contributed by atoms with Crippen molar-refractivity contribution in [2.45, 2.75) is 50.4 Å². The summed E-state index contributed by atoms with van der Waals surface area (Å²) in [5.74, 6) is 0.544. The van der Waals surface area contributed by atoms with E-state index in [1.807, 2.05) is 49.4 Å². The Labute approximate surface area is 183 Å². The molecule has 1 heterocycles. The normalized spacial score (nSPS) is 24.5. The Kier molecular flexibility index (Phi) is 5.24. The smallest absolute Gasteiger partial charge is 0.410 e. The number of carbonyl (C=O) groups is 1. The molecule has 1 saturated carbocycles. The van der Waals surface area contributed by atoms with Crippen LogP contribution < -0.4 is 10.1 Å². The zero-order chi connectivity index (χ0) is 21.3. The lowest BCUT2D eigenvalue weighted by Gasteiger charge is -2.42. The van der Waals surface area contributed by atoms with E-state index in [9.17, 15) is 4.79 Å². The number of rotatable bonds is 3. The molecule has 0 aromatic heterocycles. The second kappa shape index (κ2) is 8.20. The molecule has 1 amide bonds. The number of carbonyl (C=O) groups excluding carboxylic acids is 1. The molecule has 158 valence electrons. The van der Waals surface area contributed by atoms with Gasteiger partial charge in [0.1, 0.15) is 17.5 Å². The van der Waals surface area contributed by atoms with Gasteiger partial charge in [0.05, 0.1) is 6.04 Å². The predicted molar refractivity (Wildman–Crippen MR) is 120 cm³/mol. The van der Waals surface area contributed by atoms with Gasteiger partial charge >= 0.3 is 6.09 Å². The lowest BCUT2D eigenvalue weighted by molar-refractivity contribution is -0.103. The molecule has 0 saturated heterocycles. The van der Waals surface area contributed by atoms with Crippen molar-refractivity contribution in [2.75, 3.05) is 0 Å². The van der Waals surface area contributed by atoms with Crippen molar-refractivity contribution in [3.05, 3.63) is 101 Å². The number of ether oxygens (including phenoxy) is 2. The van der Waals surface area contributed by atoms with Crippen molar-refractivity contribution in [2.24, 2.45) is 0 Å². The van der Waals surface area contributed by atoms with Gasteiger partial charge in [0.25, 0.3) is 0 Å². The number of fused-ring (bicyclic) bond motifs is 2. The monoisotopic (exact) mass is 413 g/mol. The molecular formula is C27H27NO3. The molecule has 2 aliphatic rings.